The summed E-state index contributed by atoms with van der Waals surface area (Å²) >= 11 is 16.7. The number of nitrogens with zero attached hydrogens (tertiary/aromatic N) is 2. The third-order valence-electron chi connectivity index (χ3n) is 3.68. The summed E-state index contributed by atoms with van der Waals surface area (Å²) in [6.07, 6.45) is 0. The summed E-state index contributed by atoms with van der Waals surface area (Å²) in [5.74, 6) is 0.407. The molecular formula is C18H11Cl2N3OS3. The van der Waals surface area contributed by atoms with Crippen molar-refractivity contribution in [3.63, 3.8) is 0 Å². The van der Waals surface area contributed by atoms with Gasteiger partial charge in [-0.1, -0.05) is 82.7 Å². The van der Waals surface area contributed by atoms with Crippen LogP contribution in [0.2, 0.25) is 10.0 Å². The van der Waals surface area contributed by atoms with Crippen LogP contribution in [0.5, 0.6) is 0 Å². The summed E-state index contributed by atoms with van der Waals surface area (Å²) in [5.41, 5.74) is 1.03. The Hall–Kier alpha value is -1.64. The Labute approximate surface area is 177 Å². The number of aromatic nitrogens is 2. The third kappa shape index (κ3) is 4.12. The number of carbonyl (C=O) groups is 1. The maximum Gasteiger partial charge on any atom is 0.269 e. The number of carbonyl (C=O) groups excluding carboxylic acids is 1. The highest BCUT2D eigenvalue weighted by Crippen LogP contribution is 2.36. The molecule has 0 bridgehead atoms. The van der Waals surface area contributed by atoms with Gasteiger partial charge in [0.15, 0.2) is 4.34 Å². The monoisotopic (exact) mass is 451 g/mol. The second-order valence-corrected chi connectivity index (χ2v) is 9.49. The molecule has 1 N–H and O–H groups in total. The number of thioether (sulfide) groups is 1. The lowest BCUT2D eigenvalue weighted by molar-refractivity contribution is 0.103. The highest BCUT2D eigenvalue weighted by atomic mass is 35.5. The van der Waals surface area contributed by atoms with Crippen molar-refractivity contribution in [1.82, 2.24) is 10.2 Å². The number of benzene rings is 2. The molecule has 9 heteroatoms. The van der Waals surface area contributed by atoms with Gasteiger partial charge in [-0.05, 0) is 17.7 Å². The fourth-order valence-corrected chi connectivity index (χ4v) is 5.83. The maximum absolute atomic E-state index is 12.6. The molecule has 0 aliphatic heterocycles. The Morgan fingerprint density at radius 1 is 1.04 bits per heavy atom. The first-order valence-electron chi connectivity index (χ1n) is 7.80. The normalized spacial score (nSPS) is 11.0. The van der Waals surface area contributed by atoms with E-state index in [9.17, 15) is 4.79 Å². The van der Waals surface area contributed by atoms with E-state index in [-0.39, 0.29) is 5.91 Å². The molecule has 0 radical (unpaired) electrons. The Morgan fingerprint density at radius 2 is 1.81 bits per heavy atom. The highest BCUT2D eigenvalue weighted by Gasteiger charge is 2.18. The van der Waals surface area contributed by atoms with Gasteiger partial charge in [-0.2, -0.15) is 0 Å². The molecule has 2 aromatic heterocycles. The fraction of sp³-hybridized carbons (Fsp3) is 0.0556. The first-order chi connectivity index (χ1) is 13.1. The van der Waals surface area contributed by atoms with Crippen LogP contribution in [-0.4, -0.2) is 16.1 Å². The topological polar surface area (TPSA) is 54.9 Å². The summed E-state index contributed by atoms with van der Waals surface area (Å²) < 4.78 is 1.73. The number of halogens is 2. The van der Waals surface area contributed by atoms with E-state index in [0.717, 1.165) is 25.0 Å². The van der Waals surface area contributed by atoms with Crippen molar-refractivity contribution in [2.45, 2.75) is 10.1 Å². The van der Waals surface area contributed by atoms with Crippen LogP contribution in [0.25, 0.3) is 10.1 Å². The molecule has 136 valence electrons. The standard InChI is InChI=1S/C18H11Cl2N3OS3/c19-12-7-3-1-5-10(12)9-25-18-23-22-17(27-18)21-16(24)15-14(20)11-6-2-4-8-13(11)26-15/h1-8H,9H2,(H,21,22,24). The quantitative estimate of drug-likeness (QED) is 0.274. The zero-order valence-corrected chi connectivity index (χ0v) is 17.6. The molecule has 0 spiro atoms. The number of amides is 1. The molecule has 27 heavy (non-hydrogen) atoms. The first kappa shape index (κ1) is 18.7. The van der Waals surface area contributed by atoms with Crippen LogP contribution in [0.3, 0.4) is 0 Å². The fourth-order valence-electron chi connectivity index (χ4n) is 2.39. The zero-order chi connectivity index (χ0) is 18.8. The first-order valence-corrected chi connectivity index (χ1v) is 11.2. The zero-order valence-electron chi connectivity index (χ0n) is 13.6. The summed E-state index contributed by atoms with van der Waals surface area (Å²) in [6, 6.07) is 15.3. The maximum atomic E-state index is 12.6. The largest absolute Gasteiger partial charge is 0.296 e. The molecule has 2 aromatic carbocycles. The highest BCUT2D eigenvalue weighted by molar-refractivity contribution is 8.00. The number of thiophene rings is 1. The van der Waals surface area contributed by atoms with E-state index in [2.05, 4.69) is 15.5 Å². The van der Waals surface area contributed by atoms with E-state index in [4.69, 9.17) is 23.2 Å². The van der Waals surface area contributed by atoms with Crippen LogP contribution in [0.15, 0.2) is 52.9 Å². The molecule has 1 amide bonds. The van der Waals surface area contributed by atoms with E-state index >= 15 is 0 Å². The Kier molecular flexibility index (Phi) is 5.66. The van der Waals surface area contributed by atoms with Gasteiger partial charge in [0.1, 0.15) is 4.88 Å². The van der Waals surface area contributed by atoms with E-state index in [1.165, 1.54) is 34.4 Å². The Morgan fingerprint density at radius 3 is 2.63 bits per heavy atom. The van der Waals surface area contributed by atoms with Crippen molar-refractivity contribution in [3.05, 3.63) is 69.0 Å². The summed E-state index contributed by atoms with van der Waals surface area (Å²) in [6.45, 7) is 0. The molecule has 0 unspecified atom stereocenters. The minimum absolute atomic E-state index is 0.278. The predicted octanol–water partition coefficient (Wildman–Crippen LogP) is 6.60. The second kappa shape index (κ2) is 8.16. The van der Waals surface area contributed by atoms with Crippen LogP contribution < -0.4 is 5.32 Å². The van der Waals surface area contributed by atoms with Crippen LogP contribution in [0.4, 0.5) is 5.13 Å². The van der Waals surface area contributed by atoms with Crippen LogP contribution in [0, 0.1) is 0 Å². The third-order valence-corrected chi connectivity index (χ3v) is 7.74. The molecular weight excluding hydrogens is 441 g/mol. The Balaban J connectivity index is 1.45. The second-order valence-electron chi connectivity index (χ2n) is 5.45. The van der Waals surface area contributed by atoms with Crippen molar-refractivity contribution in [1.29, 1.82) is 0 Å². The SMILES string of the molecule is O=C(Nc1nnc(SCc2ccccc2Cl)s1)c1sc2ccccc2c1Cl. The van der Waals surface area contributed by atoms with E-state index in [1.54, 1.807) is 0 Å². The number of hydrogen-bond donors (Lipinski definition) is 1. The van der Waals surface area contributed by atoms with Gasteiger partial charge in [0.2, 0.25) is 5.13 Å². The van der Waals surface area contributed by atoms with E-state index in [0.29, 0.717) is 20.8 Å². The summed E-state index contributed by atoms with van der Waals surface area (Å²) in [4.78, 5) is 13.0. The molecule has 4 rings (SSSR count). The molecule has 0 aliphatic carbocycles. The summed E-state index contributed by atoms with van der Waals surface area (Å²) in [5, 5.41) is 13.4. The number of hydrogen-bond acceptors (Lipinski definition) is 6. The van der Waals surface area contributed by atoms with Crippen molar-refractivity contribution >= 4 is 78.8 Å². The van der Waals surface area contributed by atoms with Crippen molar-refractivity contribution in [2.75, 3.05) is 5.32 Å². The molecule has 0 aliphatic rings. The average Bonchev–Trinajstić information content (AvgIpc) is 3.26. The smallest absolute Gasteiger partial charge is 0.269 e. The predicted molar refractivity (Wildman–Crippen MR) is 116 cm³/mol. The van der Waals surface area contributed by atoms with Gasteiger partial charge in [-0.3, -0.25) is 10.1 Å². The van der Waals surface area contributed by atoms with Gasteiger partial charge in [-0.25, -0.2) is 0 Å². The molecule has 4 nitrogen and oxygen atoms in total. The van der Waals surface area contributed by atoms with Gasteiger partial charge in [0, 0.05) is 20.9 Å². The van der Waals surface area contributed by atoms with Crippen LogP contribution in [0.1, 0.15) is 15.2 Å². The number of rotatable bonds is 5. The minimum atomic E-state index is -0.278. The molecule has 4 aromatic rings. The van der Waals surface area contributed by atoms with Gasteiger partial charge in [0.05, 0.1) is 5.02 Å². The van der Waals surface area contributed by atoms with Crippen molar-refractivity contribution in [3.8, 4) is 0 Å². The van der Waals surface area contributed by atoms with Crippen molar-refractivity contribution in [2.24, 2.45) is 0 Å². The molecule has 0 saturated carbocycles. The lowest BCUT2D eigenvalue weighted by Gasteiger charge is -2.00. The lowest BCUT2D eigenvalue weighted by atomic mass is 10.2. The average molecular weight is 452 g/mol. The summed E-state index contributed by atoms with van der Waals surface area (Å²) in [7, 11) is 0. The van der Waals surface area contributed by atoms with Crippen LogP contribution in [-0.2, 0) is 5.75 Å². The van der Waals surface area contributed by atoms with Gasteiger partial charge >= 0.3 is 0 Å². The van der Waals surface area contributed by atoms with Crippen molar-refractivity contribution < 1.29 is 4.79 Å². The number of fused-ring (bicyclic) bond motifs is 1. The van der Waals surface area contributed by atoms with Crippen LogP contribution >= 0.6 is 57.6 Å². The molecule has 0 saturated heterocycles. The van der Waals surface area contributed by atoms with Gasteiger partial charge in [0.25, 0.3) is 5.91 Å². The van der Waals surface area contributed by atoms with E-state index in [1.807, 2.05) is 48.5 Å². The number of nitrogens with one attached hydrogen (secondary N) is 1. The lowest BCUT2D eigenvalue weighted by Crippen LogP contribution is -2.10. The minimum Gasteiger partial charge on any atom is -0.296 e. The van der Waals surface area contributed by atoms with Gasteiger partial charge < -0.3 is 0 Å². The molecule has 2 heterocycles. The molecule has 0 atom stereocenters. The Bertz CT molecular complexity index is 1130. The van der Waals surface area contributed by atoms with Gasteiger partial charge in [-0.15, -0.1) is 21.5 Å². The molecule has 0 fully saturated rings. The number of anilines is 1. The van der Waals surface area contributed by atoms with E-state index < -0.39 is 0 Å².